The van der Waals surface area contributed by atoms with Crippen molar-refractivity contribution in [3.05, 3.63) is 87.6 Å². The first-order valence-electron chi connectivity index (χ1n) is 9.90. The molecule has 4 rings (SSSR count). The molecule has 0 unspecified atom stereocenters. The van der Waals surface area contributed by atoms with Gasteiger partial charge in [-0.05, 0) is 36.4 Å². The van der Waals surface area contributed by atoms with Crippen molar-refractivity contribution >= 4 is 0 Å². The third kappa shape index (κ3) is 5.16. The first kappa shape index (κ1) is 19.5. The highest BCUT2D eigenvalue weighted by Gasteiger charge is 2.14. The van der Waals surface area contributed by atoms with E-state index >= 15 is 0 Å². The van der Waals surface area contributed by atoms with Gasteiger partial charge in [0.1, 0.15) is 11.6 Å². The summed E-state index contributed by atoms with van der Waals surface area (Å²) in [5.74, 6) is 0.258. The number of aromatic amines is 1. The third-order valence-electron chi connectivity index (χ3n) is 5.27. The Morgan fingerprint density at radius 2 is 1.76 bits per heavy atom. The van der Waals surface area contributed by atoms with Crippen molar-refractivity contribution < 1.29 is 4.39 Å². The van der Waals surface area contributed by atoms with Crippen LogP contribution in [0.4, 0.5) is 4.39 Å². The molecular formula is C23H25FN4O. The number of hydrogen-bond acceptors (Lipinski definition) is 4. The Bertz CT molecular complexity index is 1040. The van der Waals surface area contributed by atoms with Crippen LogP contribution < -0.4 is 5.56 Å². The molecule has 0 bridgehead atoms. The van der Waals surface area contributed by atoms with Gasteiger partial charge in [-0.25, -0.2) is 9.37 Å². The molecule has 5 nitrogen and oxygen atoms in total. The lowest BCUT2D eigenvalue weighted by Crippen LogP contribution is -2.43. The summed E-state index contributed by atoms with van der Waals surface area (Å²) in [5.41, 5.74) is 3.29. The molecule has 1 N–H and O–H groups in total. The molecule has 1 saturated heterocycles. The Morgan fingerprint density at radius 1 is 1.00 bits per heavy atom. The second-order valence-corrected chi connectivity index (χ2v) is 7.67. The Balaban J connectivity index is 1.55. The molecule has 1 aromatic heterocycles. The Labute approximate surface area is 169 Å². The average molecular weight is 392 g/mol. The number of hydrogen-bond donors (Lipinski definition) is 1. The summed E-state index contributed by atoms with van der Waals surface area (Å²) in [7, 11) is 2.15. The molecule has 0 saturated carbocycles. The van der Waals surface area contributed by atoms with Crippen molar-refractivity contribution in [1.29, 1.82) is 0 Å². The van der Waals surface area contributed by atoms with Crippen LogP contribution in [-0.4, -0.2) is 53.0 Å². The van der Waals surface area contributed by atoms with Gasteiger partial charge in [0.25, 0.3) is 5.56 Å². The molecule has 3 aromatic rings. The summed E-state index contributed by atoms with van der Waals surface area (Å²) in [6, 6.07) is 16.0. The first-order valence-corrected chi connectivity index (χ1v) is 9.90. The lowest BCUT2D eigenvalue weighted by molar-refractivity contribution is 0.148. The van der Waals surface area contributed by atoms with E-state index in [9.17, 15) is 9.18 Å². The molecule has 0 spiro atoms. The van der Waals surface area contributed by atoms with Crippen LogP contribution in [-0.2, 0) is 13.0 Å². The second kappa shape index (κ2) is 8.68. The molecule has 6 heteroatoms. The smallest absolute Gasteiger partial charge is 0.251 e. The summed E-state index contributed by atoms with van der Waals surface area (Å²) in [6.45, 7) is 5.15. The van der Waals surface area contributed by atoms with Crippen molar-refractivity contribution in [2.75, 3.05) is 33.2 Å². The molecule has 1 aliphatic heterocycles. The van der Waals surface area contributed by atoms with Crippen LogP contribution in [0.15, 0.2) is 59.4 Å². The zero-order chi connectivity index (χ0) is 20.2. The van der Waals surface area contributed by atoms with E-state index in [1.54, 1.807) is 6.07 Å². The lowest BCUT2D eigenvalue weighted by atomic mass is 10.1. The van der Waals surface area contributed by atoms with Gasteiger partial charge in [-0.2, -0.15) is 0 Å². The van der Waals surface area contributed by atoms with Gasteiger partial charge in [0, 0.05) is 50.8 Å². The Hall–Kier alpha value is -2.83. The second-order valence-electron chi connectivity index (χ2n) is 7.67. The predicted octanol–water partition coefficient (Wildman–Crippen LogP) is 2.91. The van der Waals surface area contributed by atoms with E-state index in [0.29, 0.717) is 17.9 Å². The van der Waals surface area contributed by atoms with Crippen molar-refractivity contribution in [2.45, 2.75) is 13.0 Å². The Kier molecular flexibility index (Phi) is 5.83. The molecule has 0 aliphatic carbocycles. The van der Waals surface area contributed by atoms with E-state index in [-0.39, 0.29) is 11.4 Å². The van der Waals surface area contributed by atoms with Crippen LogP contribution >= 0.6 is 0 Å². The van der Waals surface area contributed by atoms with E-state index in [0.717, 1.165) is 43.9 Å². The van der Waals surface area contributed by atoms with Gasteiger partial charge in [0.05, 0.1) is 5.69 Å². The molecule has 1 fully saturated rings. The zero-order valence-corrected chi connectivity index (χ0v) is 16.6. The first-order chi connectivity index (χ1) is 14.0. The minimum atomic E-state index is -0.288. The van der Waals surface area contributed by atoms with Crippen molar-refractivity contribution in [1.82, 2.24) is 19.8 Å². The SMILES string of the molecule is CN1CCN(Cc2cccc(-c3nc(Cc4cccc(F)c4)cc(=O)[nH]3)c2)CC1. The summed E-state index contributed by atoms with van der Waals surface area (Å²) < 4.78 is 13.5. The number of likely N-dealkylation sites (N-methyl/N-ethyl adjacent to an activating group) is 1. The highest BCUT2D eigenvalue weighted by atomic mass is 19.1. The van der Waals surface area contributed by atoms with E-state index < -0.39 is 0 Å². The minimum absolute atomic E-state index is 0.203. The number of aromatic nitrogens is 2. The maximum Gasteiger partial charge on any atom is 0.251 e. The minimum Gasteiger partial charge on any atom is -0.307 e. The van der Waals surface area contributed by atoms with Gasteiger partial charge in [-0.1, -0.05) is 30.3 Å². The van der Waals surface area contributed by atoms with Crippen LogP contribution in [0.2, 0.25) is 0 Å². The van der Waals surface area contributed by atoms with Crippen molar-refractivity contribution in [3.63, 3.8) is 0 Å². The maximum absolute atomic E-state index is 13.5. The number of rotatable bonds is 5. The van der Waals surface area contributed by atoms with Gasteiger partial charge in [-0.3, -0.25) is 9.69 Å². The van der Waals surface area contributed by atoms with Gasteiger partial charge < -0.3 is 9.88 Å². The topological polar surface area (TPSA) is 52.2 Å². The van der Waals surface area contributed by atoms with Crippen LogP contribution in [0.25, 0.3) is 11.4 Å². The van der Waals surface area contributed by atoms with Crippen LogP contribution in [0.3, 0.4) is 0 Å². The molecule has 29 heavy (non-hydrogen) atoms. The summed E-state index contributed by atoms with van der Waals surface area (Å²) in [6.07, 6.45) is 0.412. The average Bonchev–Trinajstić information content (AvgIpc) is 2.70. The quantitative estimate of drug-likeness (QED) is 0.725. The largest absolute Gasteiger partial charge is 0.307 e. The molecular weight excluding hydrogens is 367 g/mol. The van der Waals surface area contributed by atoms with Gasteiger partial charge in [-0.15, -0.1) is 0 Å². The fraction of sp³-hybridized carbons (Fsp3) is 0.304. The summed E-state index contributed by atoms with van der Waals surface area (Å²) in [4.78, 5) is 24.4. The highest BCUT2D eigenvalue weighted by molar-refractivity contribution is 5.56. The van der Waals surface area contributed by atoms with Crippen LogP contribution in [0.5, 0.6) is 0 Å². The third-order valence-corrected chi connectivity index (χ3v) is 5.27. The van der Waals surface area contributed by atoms with Crippen LogP contribution in [0.1, 0.15) is 16.8 Å². The monoisotopic (exact) mass is 392 g/mol. The van der Waals surface area contributed by atoms with Gasteiger partial charge in [0.15, 0.2) is 0 Å². The van der Waals surface area contributed by atoms with E-state index in [4.69, 9.17) is 0 Å². The number of nitrogens with zero attached hydrogens (tertiary/aromatic N) is 3. The molecule has 0 amide bonds. The van der Waals surface area contributed by atoms with Crippen molar-refractivity contribution in [3.8, 4) is 11.4 Å². The predicted molar refractivity (Wildman–Crippen MR) is 112 cm³/mol. The van der Waals surface area contributed by atoms with Gasteiger partial charge in [0.2, 0.25) is 0 Å². The van der Waals surface area contributed by atoms with Crippen LogP contribution in [0, 0.1) is 5.82 Å². The Morgan fingerprint density at radius 3 is 2.55 bits per heavy atom. The normalized spacial score (nSPS) is 15.5. The fourth-order valence-electron chi connectivity index (χ4n) is 3.67. The van der Waals surface area contributed by atoms with E-state index in [1.807, 2.05) is 18.2 Å². The standard InChI is InChI=1S/C23H25FN4O/c1-27-8-10-28(11-9-27)16-18-5-2-6-19(12-18)23-25-21(15-22(29)26-23)14-17-4-3-7-20(24)13-17/h2-7,12-13,15H,8-11,14,16H2,1H3,(H,25,26,29). The molecule has 1 aliphatic rings. The van der Waals surface area contributed by atoms with E-state index in [2.05, 4.69) is 38.9 Å². The summed E-state index contributed by atoms with van der Waals surface area (Å²) in [5, 5.41) is 0. The molecule has 0 radical (unpaired) electrons. The summed E-state index contributed by atoms with van der Waals surface area (Å²) >= 11 is 0. The molecule has 0 atom stereocenters. The fourth-order valence-corrected chi connectivity index (χ4v) is 3.67. The van der Waals surface area contributed by atoms with E-state index in [1.165, 1.54) is 23.8 Å². The number of nitrogens with one attached hydrogen (secondary N) is 1. The van der Waals surface area contributed by atoms with Gasteiger partial charge >= 0.3 is 0 Å². The zero-order valence-electron chi connectivity index (χ0n) is 16.6. The lowest BCUT2D eigenvalue weighted by Gasteiger charge is -2.32. The van der Waals surface area contributed by atoms with Crippen molar-refractivity contribution in [2.24, 2.45) is 0 Å². The maximum atomic E-state index is 13.5. The molecule has 150 valence electrons. The number of piperazine rings is 1. The number of H-pyrrole nitrogens is 1. The molecule has 2 heterocycles. The molecule has 2 aromatic carbocycles. The highest BCUT2D eigenvalue weighted by Crippen LogP contribution is 2.18. The number of halogens is 1. The number of benzene rings is 2.